The molecule has 1 aromatic rings. The predicted octanol–water partition coefficient (Wildman–Crippen LogP) is 2.91. The smallest absolute Gasteiger partial charge is 0.368 e. The first-order valence-corrected chi connectivity index (χ1v) is 7.38. The summed E-state index contributed by atoms with van der Waals surface area (Å²) in [5, 5.41) is 11.0. The van der Waals surface area contributed by atoms with Crippen LogP contribution in [0.1, 0.15) is 18.9 Å². The maximum absolute atomic E-state index is 12.8. The molecule has 24 heavy (non-hydrogen) atoms. The lowest BCUT2D eigenvalue weighted by molar-refractivity contribution is -0.385. The highest BCUT2D eigenvalue weighted by Crippen LogP contribution is 2.27. The number of carbonyl (C=O) groups is 1. The molecule has 2 rings (SSSR count). The largest absolute Gasteiger partial charge is 0.406 e. The Balaban J connectivity index is 2.27. The molecule has 0 aromatic heterocycles. The summed E-state index contributed by atoms with van der Waals surface area (Å²) in [6.45, 7) is 0.0573. The monoisotopic (exact) mass is 346 g/mol. The number of rotatable bonds is 5. The van der Waals surface area contributed by atoms with Crippen LogP contribution >= 0.6 is 0 Å². The van der Waals surface area contributed by atoms with Crippen LogP contribution in [0.4, 0.5) is 18.9 Å². The molecule has 9 heteroatoms. The van der Waals surface area contributed by atoms with E-state index in [0.29, 0.717) is 17.9 Å². The topological polar surface area (TPSA) is 72.7 Å². The standard InChI is InChI=1S/C15H17F3N2O4/c1-10-6-7-24-13(10)14(21)19(9-15(16,17)18)8-11-4-2-3-5-12(11)20(22)23/h2-5,10,13H,6-9H2,1H3/t10-,13+/m0/s1. The number of ether oxygens (including phenoxy) is 1. The van der Waals surface area contributed by atoms with Crippen LogP contribution in [0.2, 0.25) is 0 Å². The summed E-state index contributed by atoms with van der Waals surface area (Å²) >= 11 is 0. The molecule has 1 fully saturated rings. The van der Waals surface area contributed by atoms with Gasteiger partial charge in [-0.3, -0.25) is 14.9 Å². The van der Waals surface area contributed by atoms with Crippen LogP contribution in [-0.2, 0) is 16.1 Å². The fourth-order valence-electron chi connectivity index (χ4n) is 2.65. The van der Waals surface area contributed by atoms with Crippen LogP contribution in [0, 0.1) is 16.0 Å². The lowest BCUT2D eigenvalue weighted by atomic mass is 10.0. The summed E-state index contributed by atoms with van der Waals surface area (Å²) in [6.07, 6.45) is -4.97. The minimum atomic E-state index is -4.61. The van der Waals surface area contributed by atoms with Gasteiger partial charge >= 0.3 is 6.18 Å². The Labute approximate surface area is 136 Å². The van der Waals surface area contributed by atoms with Crippen molar-refractivity contribution in [2.75, 3.05) is 13.2 Å². The van der Waals surface area contributed by atoms with E-state index in [1.165, 1.54) is 24.3 Å². The normalized spacial score (nSPS) is 20.8. The second-order valence-corrected chi connectivity index (χ2v) is 5.75. The maximum Gasteiger partial charge on any atom is 0.406 e. The molecule has 0 saturated carbocycles. The molecule has 1 aromatic carbocycles. The van der Waals surface area contributed by atoms with E-state index in [9.17, 15) is 28.1 Å². The highest BCUT2D eigenvalue weighted by atomic mass is 19.4. The first kappa shape index (κ1) is 18.2. The van der Waals surface area contributed by atoms with Crippen LogP contribution < -0.4 is 0 Å². The van der Waals surface area contributed by atoms with E-state index in [4.69, 9.17) is 4.74 Å². The van der Waals surface area contributed by atoms with Crippen LogP contribution in [0.25, 0.3) is 0 Å². The maximum atomic E-state index is 12.8. The summed E-state index contributed by atoms with van der Waals surface area (Å²) in [6, 6.07) is 5.43. The zero-order chi connectivity index (χ0) is 17.9. The van der Waals surface area contributed by atoms with Gasteiger partial charge < -0.3 is 9.64 Å². The van der Waals surface area contributed by atoms with Crippen LogP contribution in [-0.4, -0.2) is 41.2 Å². The first-order valence-electron chi connectivity index (χ1n) is 7.38. The van der Waals surface area contributed by atoms with E-state index in [-0.39, 0.29) is 17.2 Å². The summed E-state index contributed by atoms with van der Waals surface area (Å²) < 4.78 is 43.8. The molecule has 0 unspecified atom stereocenters. The van der Waals surface area contributed by atoms with Crippen molar-refractivity contribution in [1.29, 1.82) is 0 Å². The Morgan fingerprint density at radius 3 is 2.62 bits per heavy atom. The Morgan fingerprint density at radius 1 is 1.42 bits per heavy atom. The van der Waals surface area contributed by atoms with Gasteiger partial charge in [0.2, 0.25) is 0 Å². The molecule has 0 aliphatic carbocycles. The highest BCUT2D eigenvalue weighted by Gasteiger charge is 2.39. The molecule has 1 amide bonds. The van der Waals surface area contributed by atoms with Gasteiger partial charge in [0.25, 0.3) is 11.6 Å². The zero-order valence-electron chi connectivity index (χ0n) is 13.0. The average Bonchev–Trinajstić information content (AvgIpc) is 2.91. The number of alkyl halides is 3. The van der Waals surface area contributed by atoms with Gasteiger partial charge in [0.1, 0.15) is 12.6 Å². The summed E-state index contributed by atoms with van der Waals surface area (Å²) in [5.74, 6) is -0.991. The quantitative estimate of drug-likeness (QED) is 0.607. The molecule has 132 valence electrons. The minimum Gasteiger partial charge on any atom is -0.368 e. The Bertz CT molecular complexity index is 621. The Kier molecular flexibility index (Phi) is 5.43. The molecule has 0 radical (unpaired) electrons. The Hall–Kier alpha value is -2.16. The van der Waals surface area contributed by atoms with Crippen molar-refractivity contribution in [2.24, 2.45) is 5.92 Å². The zero-order valence-corrected chi connectivity index (χ0v) is 13.0. The van der Waals surface area contributed by atoms with Crippen molar-refractivity contribution < 1.29 is 27.6 Å². The number of nitro groups is 1. The average molecular weight is 346 g/mol. The van der Waals surface area contributed by atoms with Gasteiger partial charge in [-0.2, -0.15) is 13.2 Å². The molecule has 1 aliphatic heterocycles. The number of nitro benzene ring substituents is 1. The molecule has 1 saturated heterocycles. The van der Waals surface area contributed by atoms with Crippen LogP contribution in [0.15, 0.2) is 24.3 Å². The van der Waals surface area contributed by atoms with Gasteiger partial charge in [0.15, 0.2) is 0 Å². The molecule has 0 N–H and O–H groups in total. The molecule has 1 aliphatic rings. The summed E-state index contributed by atoms with van der Waals surface area (Å²) in [7, 11) is 0. The third-order valence-electron chi connectivity index (χ3n) is 3.86. The minimum absolute atomic E-state index is 0.0470. The molecule has 6 nitrogen and oxygen atoms in total. The second-order valence-electron chi connectivity index (χ2n) is 5.75. The lowest BCUT2D eigenvalue weighted by Crippen LogP contribution is -2.45. The van der Waals surface area contributed by atoms with E-state index in [1.54, 1.807) is 6.92 Å². The van der Waals surface area contributed by atoms with Gasteiger partial charge in [-0.1, -0.05) is 25.1 Å². The van der Waals surface area contributed by atoms with Gasteiger partial charge in [-0.15, -0.1) is 0 Å². The van der Waals surface area contributed by atoms with Gasteiger partial charge in [-0.05, 0) is 12.3 Å². The fourth-order valence-corrected chi connectivity index (χ4v) is 2.65. The van der Waals surface area contributed by atoms with Crippen LogP contribution in [0.3, 0.4) is 0 Å². The Morgan fingerprint density at radius 2 is 2.08 bits per heavy atom. The van der Waals surface area contributed by atoms with Crippen molar-refractivity contribution >= 4 is 11.6 Å². The third kappa shape index (κ3) is 4.44. The number of hydrogen-bond acceptors (Lipinski definition) is 4. The highest BCUT2D eigenvalue weighted by molar-refractivity contribution is 5.81. The number of nitrogens with zero attached hydrogens (tertiary/aromatic N) is 2. The van der Waals surface area contributed by atoms with Crippen molar-refractivity contribution in [1.82, 2.24) is 4.90 Å². The van der Waals surface area contributed by atoms with Gasteiger partial charge in [-0.25, -0.2) is 0 Å². The lowest BCUT2D eigenvalue weighted by Gasteiger charge is -2.27. The van der Waals surface area contributed by atoms with Crippen LogP contribution in [0.5, 0.6) is 0 Å². The van der Waals surface area contributed by atoms with Gasteiger partial charge in [0.05, 0.1) is 11.5 Å². The van der Waals surface area contributed by atoms with E-state index in [1.807, 2.05) is 0 Å². The van der Waals surface area contributed by atoms with E-state index >= 15 is 0 Å². The molecule has 0 bridgehead atoms. The fraction of sp³-hybridized carbons (Fsp3) is 0.533. The number of para-hydroxylation sites is 1. The second kappa shape index (κ2) is 7.16. The van der Waals surface area contributed by atoms with E-state index in [2.05, 4.69) is 0 Å². The number of halogens is 3. The molecular weight excluding hydrogens is 329 g/mol. The predicted molar refractivity (Wildman–Crippen MR) is 78.1 cm³/mol. The number of amides is 1. The van der Waals surface area contributed by atoms with Crippen molar-refractivity contribution in [3.63, 3.8) is 0 Å². The third-order valence-corrected chi connectivity index (χ3v) is 3.86. The van der Waals surface area contributed by atoms with Crippen molar-refractivity contribution in [3.05, 3.63) is 39.9 Å². The molecule has 0 spiro atoms. The molecular formula is C15H17F3N2O4. The van der Waals surface area contributed by atoms with E-state index < -0.39 is 36.2 Å². The molecule has 1 heterocycles. The number of carbonyl (C=O) groups excluding carboxylic acids is 1. The molecule has 2 atom stereocenters. The van der Waals surface area contributed by atoms with Crippen molar-refractivity contribution in [2.45, 2.75) is 32.2 Å². The number of hydrogen-bond donors (Lipinski definition) is 0. The summed E-state index contributed by atoms with van der Waals surface area (Å²) in [4.78, 5) is 23.4. The first-order chi connectivity index (χ1) is 11.2. The number of benzene rings is 1. The SMILES string of the molecule is C[C@H]1CCO[C@H]1C(=O)N(Cc1ccccc1[N+](=O)[O-])CC(F)(F)F. The van der Waals surface area contributed by atoms with Gasteiger partial charge in [0, 0.05) is 18.2 Å². The summed E-state index contributed by atoms with van der Waals surface area (Å²) in [5.41, 5.74) is -0.274. The van der Waals surface area contributed by atoms with E-state index in [0.717, 1.165) is 0 Å². The van der Waals surface area contributed by atoms with Crippen molar-refractivity contribution in [3.8, 4) is 0 Å².